The van der Waals surface area contributed by atoms with Crippen molar-refractivity contribution in [1.29, 1.82) is 0 Å². The summed E-state index contributed by atoms with van der Waals surface area (Å²) in [5, 5.41) is 3.28. The number of hydrogen-bond donors (Lipinski definition) is 1. The summed E-state index contributed by atoms with van der Waals surface area (Å²) in [6.45, 7) is 1.44. The molecular formula is C14H20N4O. The van der Waals surface area contributed by atoms with Crippen molar-refractivity contribution in [3.63, 3.8) is 0 Å². The second kappa shape index (κ2) is 6.13. The zero-order valence-electron chi connectivity index (χ0n) is 11.6. The van der Waals surface area contributed by atoms with Gasteiger partial charge in [0.05, 0.1) is 19.4 Å². The number of aryl methyl sites for hydroxylation is 1. The van der Waals surface area contributed by atoms with Gasteiger partial charge in [-0.15, -0.1) is 0 Å². The Labute approximate surface area is 113 Å². The number of hydrogen-bond acceptors (Lipinski definition) is 2. The van der Waals surface area contributed by atoms with E-state index in [9.17, 15) is 0 Å². The Bertz CT molecular complexity index is 527. The predicted molar refractivity (Wildman–Crippen MR) is 75.8 cm³/mol. The van der Waals surface area contributed by atoms with Crippen LogP contribution in [0.15, 0.2) is 46.1 Å². The molecule has 2 aromatic heterocycles. The van der Waals surface area contributed by atoms with E-state index >= 15 is 0 Å². The number of aliphatic imine (C=N–C) groups is 1. The first-order chi connectivity index (χ1) is 9.20. The Hall–Kier alpha value is -2.17. The smallest absolute Gasteiger partial charge is 0.194 e. The highest BCUT2D eigenvalue weighted by atomic mass is 16.3. The van der Waals surface area contributed by atoms with Gasteiger partial charge in [-0.2, -0.15) is 0 Å². The molecule has 1 N–H and O–H groups in total. The highest BCUT2D eigenvalue weighted by Crippen LogP contribution is 2.04. The third-order valence-electron chi connectivity index (χ3n) is 3.02. The minimum Gasteiger partial charge on any atom is -0.467 e. The van der Waals surface area contributed by atoms with Crippen LogP contribution < -0.4 is 5.32 Å². The Kier molecular flexibility index (Phi) is 4.28. The van der Waals surface area contributed by atoms with E-state index in [1.807, 2.05) is 38.5 Å². The molecule has 0 spiro atoms. The Morgan fingerprint density at radius 3 is 2.84 bits per heavy atom. The minimum atomic E-state index is 0.636. The number of nitrogens with zero attached hydrogens (tertiary/aromatic N) is 3. The molecule has 0 aromatic carbocycles. The third kappa shape index (κ3) is 3.40. The highest BCUT2D eigenvalue weighted by Gasteiger charge is 2.08. The van der Waals surface area contributed by atoms with Gasteiger partial charge in [-0.25, -0.2) is 0 Å². The summed E-state index contributed by atoms with van der Waals surface area (Å²) in [5.74, 6) is 1.74. The molecule has 0 aliphatic carbocycles. The van der Waals surface area contributed by atoms with Crippen molar-refractivity contribution < 1.29 is 4.42 Å². The second-order valence-electron chi connectivity index (χ2n) is 4.45. The van der Waals surface area contributed by atoms with Gasteiger partial charge >= 0.3 is 0 Å². The number of nitrogens with one attached hydrogen (secondary N) is 1. The Morgan fingerprint density at radius 2 is 2.26 bits per heavy atom. The topological polar surface area (TPSA) is 45.7 Å². The van der Waals surface area contributed by atoms with Gasteiger partial charge in [-0.05, 0) is 24.3 Å². The summed E-state index contributed by atoms with van der Waals surface area (Å²) in [6, 6.07) is 7.98. The molecule has 2 rings (SSSR count). The molecule has 0 unspecified atom stereocenters. The van der Waals surface area contributed by atoms with Crippen LogP contribution in [0.3, 0.4) is 0 Å². The molecule has 5 heteroatoms. The van der Waals surface area contributed by atoms with Gasteiger partial charge < -0.3 is 19.2 Å². The summed E-state index contributed by atoms with van der Waals surface area (Å²) in [6.07, 6.45) is 3.72. The van der Waals surface area contributed by atoms with Gasteiger partial charge in [-0.3, -0.25) is 4.99 Å². The molecule has 0 saturated carbocycles. The van der Waals surface area contributed by atoms with Gasteiger partial charge in [-0.1, -0.05) is 0 Å². The van der Waals surface area contributed by atoms with Crippen LogP contribution in [0.4, 0.5) is 0 Å². The fraction of sp³-hybridized carbons (Fsp3) is 0.357. The molecular weight excluding hydrogens is 240 g/mol. The number of aromatic nitrogens is 1. The van der Waals surface area contributed by atoms with E-state index in [2.05, 4.69) is 25.8 Å². The fourth-order valence-electron chi connectivity index (χ4n) is 1.94. The lowest BCUT2D eigenvalue weighted by atomic mass is 10.4. The lowest BCUT2D eigenvalue weighted by molar-refractivity contribution is 0.449. The lowest BCUT2D eigenvalue weighted by Gasteiger charge is -2.22. The largest absolute Gasteiger partial charge is 0.467 e. The normalized spacial score (nSPS) is 11.6. The molecule has 0 atom stereocenters. The predicted octanol–water partition coefficient (Wildman–Crippen LogP) is 1.83. The maximum atomic E-state index is 5.29. The Balaban J connectivity index is 1.92. The van der Waals surface area contributed by atoms with E-state index in [0.29, 0.717) is 6.54 Å². The maximum Gasteiger partial charge on any atom is 0.194 e. The van der Waals surface area contributed by atoms with Gasteiger partial charge in [0.2, 0.25) is 0 Å². The molecule has 0 bridgehead atoms. The number of rotatable bonds is 4. The van der Waals surface area contributed by atoms with Crippen LogP contribution in [0, 0.1) is 0 Å². The first-order valence-corrected chi connectivity index (χ1v) is 6.25. The van der Waals surface area contributed by atoms with Crippen LogP contribution in [-0.4, -0.2) is 29.5 Å². The number of guanidine groups is 1. The monoisotopic (exact) mass is 260 g/mol. The van der Waals surface area contributed by atoms with Gasteiger partial charge in [0.25, 0.3) is 0 Å². The van der Waals surface area contributed by atoms with Crippen molar-refractivity contribution in [2.75, 3.05) is 14.1 Å². The molecule has 2 aromatic rings. The molecule has 102 valence electrons. The summed E-state index contributed by atoms with van der Waals surface area (Å²) in [7, 11) is 5.85. The average molecular weight is 260 g/mol. The molecule has 0 saturated heterocycles. The fourth-order valence-corrected chi connectivity index (χ4v) is 1.94. The SMILES string of the molecule is CN=C(NCc1ccco1)N(C)Cc1cccn1C. The number of furan rings is 1. The first kappa shape index (κ1) is 13.3. The summed E-state index contributed by atoms with van der Waals surface area (Å²) in [4.78, 5) is 6.36. The van der Waals surface area contributed by atoms with Crippen LogP contribution in [0.5, 0.6) is 0 Å². The quantitative estimate of drug-likeness (QED) is 0.674. The Morgan fingerprint density at radius 1 is 1.42 bits per heavy atom. The van der Waals surface area contributed by atoms with Crippen molar-refractivity contribution in [2.24, 2.45) is 12.0 Å². The zero-order chi connectivity index (χ0) is 13.7. The molecule has 0 aliphatic rings. The van der Waals surface area contributed by atoms with Crippen LogP contribution in [0.2, 0.25) is 0 Å². The molecule has 0 fully saturated rings. The van der Waals surface area contributed by atoms with E-state index in [-0.39, 0.29) is 0 Å². The molecule has 2 heterocycles. The molecule has 0 amide bonds. The maximum absolute atomic E-state index is 5.29. The lowest BCUT2D eigenvalue weighted by Crippen LogP contribution is -2.38. The van der Waals surface area contributed by atoms with Crippen LogP contribution in [-0.2, 0) is 20.1 Å². The highest BCUT2D eigenvalue weighted by molar-refractivity contribution is 5.79. The van der Waals surface area contributed by atoms with Gasteiger partial charge in [0, 0.05) is 33.0 Å². The molecule has 19 heavy (non-hydrogen) atoms. The van der Waals surface area contributed by atoms with Crippen molar-refractivity contribution in [1.82, 2.24) is 14.8 Å². The van der Waals surface area contributed by atoms with E-state index in [4.69, 9.17) is 4.42 Å². The van der Waals surface area contributed by atoms with Crippen molar-refractivity contribution in [3.8, 4) is 0 Å². The average Bonchev–Trinajstić information content (AvgIpc) is 3.03. The first-order valence-electron chi connectivity index (χ1n) is 6.25. The minimum absolute atomic E-state index is 0.636. The summed E-state index contributed by atoms with van der Waals surface area (Å²) in [5.41, 5.74) is 1.24. The van der Waals surface area contributed by atoms with Gasteiger partial charge in [0.1, 0.15) is 5.76 Å². The van der Waals surface area contributed by atoms with E-state index in [1.54, 1.807) is 13.3 Å². The zero-order valence-corrected chi connectivity index (χ0v) is 11.6. The summed E-state index contributed by atoms with van der Waals surface area (Å²) >= 11 is 0. The third-order valence-corrected chi connectivity index (χ3v) is 3.02. The van der Waals surface area contributed by atoms with Crippen molar-refractivity contribution in [3.05, 3.63) is 48.2 Å². The summed E-state index contributed by atoms with van der Waals surface area (Å²) < 4.78 is 7.40. The second-order valence-corrected chi connectivity index (χ2v) is 4.45. The molecule has 0 aliphatic heterocycles. The van der Waals surface area contributed by atoms with E-state index < -0.39 is 0 Å². The van der Waals surface area contributed by atoms with Crippen molar-refractivity contribution >= 4 is 5.96 Å². The van der Waals surface area contributed by atoms with Crippen LogP contribution in [0.25, 0.3) is 0 Å². The van der Waals surface area contributed by atoms with Crippen LogP contribution in [0.1, 0.15) is 11.5 Å². The van der Waals surface area contributed by atoms with Crippen LogP contribution >= 0.6 is 0 Å². The molecule has 0 radical (unpaired) electrons. The van der Waals surface area contributed by atoms with Crippen molar-refractivity contribution in [2.45, 2.75) is 13.1 Å². The molecule has 5 nitrogen and oxygen atoms in total. The standard InChI is InChI=1S/C14H20N4O/c1-15-14(16-10-13-7-5-9-19-13)18(3)11-12-6-4-8-17(12)2/h4-9H,10-11H2,1-3H3,(H,15,16). The van der Waals surface area contributed by atoms with Gasteiger partial charge in [0.15, 0.2) is 5.96 Å². The van der Waals surface area contributed by atoms with E-state index in [0.717, 1.165) is 18.3 Å². The van der Waals surface area contributed by atoms with E-state index in [1.165, 1.54) is 5.69 Å².